The van der Waals surface area contributed by atoms with Gasteiger partial charge in [0.05, 0.1) is 0 Å². The predicted octanol–water partition coefficient (Wildman–Crippen LogP) is 13.9. The number of hydrogen-bond acceptors (Lipinski definition) is 6. The van der Waals surface area contributed by atoms with Crippen molar-refractivity contribution in [3.63, 3.8) is 0 Å². The Labute approximate surface area is 332 Å². The highest BCUT2D eigenvalue weighted by Gasteiger charge is 2.19. The Bertz CT molecular complexity index is 1050. The molecule has 0 aromatic heterocycles. The molecule has 0 aliphatic carbocycles. The molecule has 0 saturated carbocycles. The van der Waals surface area contributed by atoms with Crippen molar-refractivity contribution < 1.29 is 28.6 Å². The maximum atomic E-state index is 12.7. The average molecular weight is 753 g/mol. The van der Waals surface area contributed by atoms with Crippen molar-refractivity contribution in [1.82, 2.24) is 0 Å². The quantitative estimate of drug-likeness (QED) is 0.0270. The molecule has 1 atom stereocenters. The minimum Gasteiger partial charge on any atom is -0.462 e. The molecule has 6 nitrogen and oxygen atoms in total. The molecule has 0 spiro atoms. The van der Waals surface area contributed by atoms with Crippen LogP contribution in [0, 0.1) is 0 Å². The van der Waals surface area contributed by atoms with Crippen molar-refractivity contribution in [1.29, 1.82) is 0 Å². The van der Waals surface area contributed by atoms with Gasteiger partial charge in [0.25, 0.3) is 0 Å². The van der Waals surface area contributed by atoms with Crippen molar-refractivity contribution in [3.05, 3.63) is 72.9 Å². The van der Waals surface area contributed by atoms with Gasteiger partial charge >= 0.3 is 17.9 Å². The summed E-state index contributed by atoms with van der Waals surface area (Å²) in [4.78, 5) is 37.5. The monoisotopic (exact) mass is 753 g/mol. The van der Waals surface area contributed by atoms with Crippen LogP contribution in [0.25, 0.3) is 0 Å². The molecule has 54 heavy (non-hydrogen) atoms. The van der Waals surface area contributed by atoms with Crippen molar-refractivity contribution in [2.75, 3.05) is 13.2 Å². The first-order chi connectivity index (χ1) is 26.5. The van der Waals surface area contributed by atoms with Crippen molar-refractivity contribution in [3.8, 4) is 0 Å². The van der Waals surface area contributed by atoms with Crippen LogP contribution in [0.4, 0.5) is 0 Å². The predicted molar refractivity (Wildman–Crippen MR) is 228 cm³/mol. The minimum absolute atomic E-state index is 0.0969. The molecule has 1 unspecified atom stereocenters. The van der Waals surface area contributed by atoms with Gasteiger partial charge in [-0.1, -0.05) is 164 Å². The van der Waals surface area contributed by atoms with E-state index < -0.39 is 6.10 Å². The van der Waals surface area contributed by atoms with Crippen LogP contribution in [0.5, 0.6) is 0 Å². The van der Waals surface area contributed by atoms with Gasteiger partial charge in [-0.15, -0.1) is 0 Å². The van der Waals surface area contributed by atoms with E-state index in [2.05, 4.69) is 93.7 Å². The number of esters is 3. The number of allylic oxidation sites excluding steroid dienone is 12. The van der Waals surface area contributed by atoms with Crippen molar-refractivity contribution in [2.24, 2.45) is 0 Å². The normalized spacial score (nSPS) is 12.7. The summed E-state index contributed by atoms with van der Waals surface area (Å²) in [5.74, 6) is -0.981. The van der Waals surface area contributed by atoms with Gasteiger partial charge in [-0.3, -0.25) is 14.4 Å². The summed E-state index contributed by atoms with van der Waals surface area (Å²) in [5, 5.41) is 0. The summed E-state index contributed by atoms with van der Waals surface area (Å²) in [5.41, 5.74) is 0. The van der Waals surface area contributed by atoms with Crippen LogP contribution in [0.2, 0.25) is 0 Å². The largest absolute Gasteiger partial charge is 0.462 e. The summed E-state index contributed by atoms with van der Waals surface area (Å²) >= 11 is 0. The van der Waals surface area contributed by atoms with Gasteiger partial charge in [-0.05, 0) is 83.5 Å². The summed E-state index contributed by atoms with van der Waals surface area (Å²) in [6.07, 6.45) is 51.8. The molecule has 0 heterocycles. The van der Waals surface area contributed by atoms with E-state index >= 15 is 0 Å². The number of rotatable bonds is 38. The number of carbonyl (C=O) groups is 3. The van der Waals surface area contributed by atoms with E-state index in [1.807, 2.05) is 0 Å². The van der Waals surface area contributed by atoms with Crippen LogP contribution in [-0.4, -0.2) is 37.2 Å². The Morgan fingerprint density at radius 2 is 0.741 bits per heavy atom. The van der Waals surface area contributed by atoms with Gasteiger partial charge < -0.3 is 14.2 Å². The number of unbranched alkanes of at least 4 members (excludes halogenated alkanes) is 15. The lowest BCUT2D eigenvalue weighted by Gasteiger charge is -2.18. The van der Waals surface area contributed by atoms with Gasteiger partial charge in [0.2, 0.25) is 0 Å². The van der Waals surface area contributed by atoms with Gasteiger partial charge in [0.1, 0.15) is 13.2 Å². The lowest BCUT2D eigenvalue weighted by atomic mass is 10.1. The molecule has 0 amide bonds. The summed E-state index contributed by atoms with van der Waals surface area (Å²) in [6.45, 7) is 6.37. The average Bonchev–Trinajstić information content (AvgIpc) is 3.17. The topological polar surface area (TPSA) is 78.9 Å². The third-order valence-corrected chi connectivity index (χ3v) is 8.95. The molecular weight excluding hydrogens is 673 g/mol. The molecular formula is C48H80O6. The Kier molecular flexibility index (Phi) is 40.1. The maximum Gasteiger partial charge on any atom is 0.306 e. The fraction of sp³-hybridized carbons (Fsp3) is 0.688. The Balaban J connectivity index is 4.43. The molecule has 0 bridgehead atoms. The molecule has 0 rings (SSSR count). The highest BCUT2D eigenvalue weighted by Crippen LogP contribution is 2.12. The smallest absolute Gasteiger partial charge is 0.306 e. The second-order valence-corrected chi connectivity index (χ2v) is 14.2. The first-order valence-electron chi connectivity index (χ1n) is 21.9. The van der Waals surface area contributed by atoms with Gasteiger partial charge in [0, 0.05) is 19.3 Å². The zero-order chi connectivity index (χ0) is 39.4. The number of hydrogen-bond donors (Lipinski definition) is 0. The van der Waals surface area contributed by atoms with Crippen molar-refractivity contribution in [2.45, 2.75) is 200 Å². The molecule has 0 aromatic carbocycles. The maximum absolute atomic E-state index is 12.7. The highest BCUT2D eigenvalue weighted by molar-refractivity contribution is 5.71. The highest BCUT2D eigenvalue weighted by atomic mass is 16.6. The summed E-state index contributed by atoms with van der Waals surface area (Å²) < 4.78 is 16.6. The lowest BCUT2D eigenvalue weighted by molar-refractivity contribution is -0.167. The SMILES string of the molecule is CC/C=C\C/C=C\C/C=C\C/C=C\C/C=C\CCCC(=O)OCC(COC(=O)CCCCCCCCC)OC(=O)CCCCCCC/C=C\CCCCC. The van der Waals surface area contributed by atoms with E-state index in [9.17, 15) is 14.4 Å². The zero-order valence-electron chi connectivity index (χ0n) is 35.0. The minimum atomic E-state index is -0.797. The van der Waals surface area contributed by atoms with E-state index in [1.165, 1.54) is 57.8 Å². The molecule has 0 aliphatic heterocycles. The van der Waals surface area contributed by atoms with Crippen LogP contribution in [-0.2, 0) is 28.6 Å². The van der Waals surface area contributed by atoms with E-state index in [-0.39, 0.29) is 37.5 Å². The van der Waals surface area contributed by atoms with E-state index in [0.717, 1.165) is 89.9 Å². The van der Waals surface area contributed by atoms with E-state index in [0.29, 0.717) is 19.3 Å². The Morgan fingerprint density at radius 3 is 1.26 bits per heavy atom. The van der Waals surface area contributed by atoms with Crippen LogP contribution < -0.4 is 0 Å². The molecule has 0 radical (unpaired) electrons. The van der Waals surface area contributed by atoms with Gasteiger partial charge in [-0.2, -0.15) is 0 Å². The standard InChI is InChI=1S/C48H80O6/c1-4-7-10-13-16-18-20-22-23-24-25-26-28-29-32-35-38-41-47(50)53-44-45(43-52-46(49)40-37-34-31-15-12-9-6-3)54-48(51)42-39-36-33-30-27-21-19-17-14-11-8-5-2/h7,10,16-19,22-23,25-26,29,32,45H,4-6,8-9,11-15,20-21,24,27-28,30-31,33-44H2,1-3H3/b10-7-,18-16-,19-17-,23-22-,26-25-,32-29-. The molecule has 0 aromatic rings. The van der Waals surface area contributed by atoms with Gasteiger partial charge in [0.15, 0.2) is 6.10 Å². The molecule has 0 saturated heterocycles. The lowest BCUT2D eigenvalue weighted by Crippen LogP contribution is -2.30. The third kappa shape index (κ3) is 40.0. The number of ether oxygens (including phenoxy) is 3. The Hall–Kier alpha value is -3.15. The molecule has 0 fully saturated rings. The molecule has 0 N–H and O–H groups in total. The first-order valence-corrected chi connectivity index (χ1v) is 21.9. The zero-order valence-corrected chi connectivity index (χ0v) is 35.0. The fourth-order valence-electron chi connectivity index (χ4n) is 5.65. The fourth-order valence-corrected chi connectivity index (χ4v) is 5.65. The molecule has 308 valence electrons. The van der Waals surface area contributed by atoms with E-state index in [4.69, 9.17) is 14.2 Å². The van der Waals surface area contributed by atoms with Crippen LogP contribution in [0.15, 0.2) is 72.9 Å². The summed E-state index contributed by atoms with van der Waals surface area (Å²) in [6, 6.07) is 0. The first kappa shape index (κ1) is 50.9. The Morgan fingerprint density at radius 1 is 0.389 bits per heavy atom. The third-order valence-electron chi connectivity index (χ3n) is 8.95. The summed E-state index contributed by atoms with van der Waals surface area (Å²) in [7, 11) is 0. The van der Waals surface area contributed by atoms with Gasteiger partial charge in [-0.25, -0.2) is 0 Å². The van der Waals surface area contributed by atoms with Crippen LogP contribution >= 0.6 is 0 Å². The van der Waals surface area contributed by atoms with Crippen molar-refractivity contribution >= 4 is 17.9 Å². The van der Waals surface area contributed by atoms with Crippen LogP contribution in [0.3, 0.4) is 0 Å². The molecule has 6 heteroatoms. The van der Waals surface area contributed by atoms with Crippen LogP contribution in [0.1, 0.15) is 194 Å². The number of carbonyl (C=O) groups excluding carboxylic acids is 3. The second kappa shape index (κ2) is 42.6. The van der Waals surface area contributed by atoms with E-state index in [1.54, 1.807) is 0 Å². The second-order valence-electron chi connectivity index (χ2n) is 14.2. The molecule has 0 aliphatic rings.